The van der Waals surface area contributed by atoms with Crippen molar-refractivity contribution in [3.63, 3.8) is 0 Å². The van der Waals surface area contributed by atoms with E-state index < -0.39 is 11.6 Å². The Kier molecular flexibility index (Phi) is 2.04. The van der Waals surface area contributed by atoms with Gasteiger partial charge < -0.3 is 9.40 Å². The smallest absolute Gasteiger partial charge is 0.260 e. The topological polar surface area (TPSA) is 46.0 Å². The molecule has 0 unspecified atom stereocenters. The maximum Gasteiger partial charge on any atom is 0.260 e. The van der Waals surface area contributed by atoms with E-state index in [2.05, 4.69) is 4.98 Å². The predicted octanol–water partition coefficient (Wildman–Crippen LogP) is 3.71. The molecule has 5 heteroatoms. The minimum absolute atomic E-state index is 0.234. The van der Waals surface area contributed by atoms with E-state index in [9.17, 15) is 13.6 Å². The van der Waals surface area contributed by atoms with Crippen LogP contribution in [0.3, 0.4) is 0 Å². The molecule has 0 spiro atoms. The summed E-state index contributed by atoms with van der Waals surface area (Å²) in [5, 5.41) is 1.07. The summed E-state index contributed by atoms with van der Waals surface area (Å²) >= 11 is 0. The summed E-state index contributed by atoms with van der Waals surface area (Å²) in [6.45, 7) is 0. The fraction of sp³-hybridized carbons (Fsp3) is 0. The van der Waals surface area contributed by atoms with Crippen molar-refractivity contribution >= 4 is 32.8 Å². The second-order valence-electron chi connectivity index (χ2n) is 4.59. The number of aromatic nitrogens is 1. The van der Waals surface area contributed by atoms with E-state index in [4.69, 9.17) is 4.42 Å². The lowest BCUT2D eigenvalue weighted by Crippen LogP contribution is -2.05. The molecule has 4 rings (SSSR count). The predicted molar refractivity (Wildman–Crippen MR) is 71.8 cm³/mol. The first kappa shape index (κ1) is 11.2. The van der Waals surface area contributed by atoms with Gasteiger partial charge in [0.05, 0.1) is 10.9 Å². The molecule has 0 bridgehead atoms. The van der Waals surface area contributed by atoms with Crippen molar-refractivity contribution < 1.29 is 13.2 Å². The highest BCUT2D eigenvalue weighted by molar-refractivity contribution is 6.13. The summed E-state index contributed by atoms with van der Waals surface area (Å²) in [7, 11) is 0. The van der Waals surface area contributed by atoms with Crippen molar-refractivity contribution in [3.8, 4) is 0 Å². The van der Waals surface area contributed by atoms with Crippen molar-refractivity contribution in [2.75, 3.05) is 0 Å². The molecule has 2 heterocycles. The molecule has 2 aromatic carbocycles. The zero-order valence-electron chi connectivity index (χ0n) is 10.0. The van der Waals surface area contributed by atoms with Gasteiger partial charge in [0, 0.05) is 10.8 Å². The molecule has 0 radical (unpaired) electrons. The van der Waals surface area contributed by atoms with E-state index in [1.807, 2.05) is 0 Å². The van der Waals surface area contributed by atoms with Crippen molar-refractivity contribution in [1.82, 2.24) is 4.98 Å². The lowest BCUT2D eigenvalue weighted by molar-refractivity contribution is 0.626. The van der Waals surface area contributed by atoms with Crippen molar-refractivity contribution in [3.05, 3.63) is 58.4 Å². The number of H-pyrrole nitrogens is 1. The zero-order chi connectivity index (χ0) is 13.9. The van der Waals surface area contributed by atoms with Gasteiger partial charge in [-0.25, -0.2) is 8.78 Å². The van der Waals surface area contributed by atoms with Crippen LogP contribution in [-0.2, 0) is 0 Å². The monoisotopic (exact) mass is 271 g/mol. The Hall–Kier alpha value is -2.69. The Bertz CT molecular complexity index is 1050. The maximum atomic E-state index is 13.4. The molecular formula is C15H7F2NO2. The molecule has 0 aliphatic carbocycles. The summed E-state index contributed by atoms with van der Waals surface area (Å²) in [4.78, 5) is 14.8. The van der Waals surface area contributed by atoms with Crippen molar-refractivity contribution in [2.24, 2.45) is 0 Å². The molecule has 20 heavy (non-hydrogen) atoms. The second kappa shape index (κ2) is 3.66. The molecule has 0 saturated carbocycles. The van der Waals surface area contributed by atoms with Gasteiger partial charge in [0.25, 0.3) is 5.56 Å². The van der Waals surface area contributed by atoms with Gasteiger partial charge in [-0.05, 0) is 36.4 Å². The summed E-state index contributed by atoms with van der Waals surface area (Å²) in [5.74, 6) is -0.892. The second-order valence-corrected chi connectivity index (χ2v) is 4.59. The zero-order valence-corrected chi connectivity index (χ0v) is 10.0. The third-order valence-electron chi connectivity index (χ3n) is 3.35. The van der Waals surface area contributed by atoms with Gasteiger partial charge >= 0.3 is 0 Å². The first-order valence-electron chi connectivity index (χ1n) is 5.97. The fourth-order valence-electron chi connectivity index (χ4n) is 2.48. The molecule has 0 aliphatic heterocycles. The number of pyridine rings is 1. The lowest BCUT2D eigenvalue weighted by Gasteiger charge is -1.98. The molecule has 0 aliphatic rings. The van der Waals surface area contributed by atoms with Gasteiger partial charge in [0.2, 0.25) is 0 Å². The molecule has 0 atom stereocenters. The highest BCUT2D eigenvalue weighted by Crippen LogP contribution is 2.31. The van der Waals surface area contributed by atoms with Gasteiger partial charge in [0.15, 0.2) is 0 Å². The van der Waals surface area contributed by atoms with Crippen LogP contribution in [0.4, 0.5) is 8.78 Å². The number of halogens is 2. The highest BCUT2D eigenvalue weighted by atomic mass is 19.1. The Balaban J connectivity index is 2.35. The average Bonchev–Trinajstić information content (AvgIpc) is 2.79. The number of fused-ring (bicyclic) bond motifs is 5. The van der Waals surface area contributed by atoms with Gasteiger partial charge in [0.1, 0.15) is 22.8 Å². The van der Waals surface area contributed by atoms with Crippen LogP contribution in [0.15, 0.2) is 45.6 Å². The minimum Gasteiger partial charge on any atom is -0.455 e. The molecule has 0 amide bonds. The first-order valence-corrected chi connectivity index (χ1v) is 5.97. The van der Waals surface area contributed by atoms with Crippen LogP contribution in [-0.4, -0.2) is 4.98 Å². The molecule has 4 aromatic rings. The molecule has 1 N–H and O–H groups in total. The Labute approximate surface area is 110 Å². The summed E-state index contributed by atoms with van der Waals surface area (Å²) < 4.78 is 32.3. The molecule has 0 saturated heterocycles. The van der Waals surface area contributed by atoms with Crippen LogP contribution < -0.4 is 5.56 Å². The molecule has 2 aromatic heterocycles. The van der Waals surface area contributed by atoms with Crippen LogP contribution in [0.1, 0.15) is 0 Å². The fourth-order valence-corrected chi connectivity index (χ4v) is 2.48. The SMILES string of the molecule is O=c1[nH]c2ccc(F)cc2c2oc3ccc(F)cc3c12. The van der Waals surface area contributed by atoms with Crippen molar-refractivity contribution in [2.45, 2.75) is 0 Å². The van der Waals surface area contributed by atoms with E-state index in [0.29, 0.717) is 21.9 Å². The van der Waals surface area contributed by atoms with E-state index in [-0.39, 0.29) is 16.5 Å². The van der Waals surface area contributed by atoms with E-state index >= 15 is 0 Å². The van der Waals surface area contributed by atoms with Crippen LogP contribution in [0.2, 0.25) is 0 Å². The van der Waals surface area contributed by atoms with Gasteiger partial charge in [-0.1, -0.05) is 0 Å². The standard InChI is InChI=1S/C15H7F2NO2/c16-7-1-3-11-9(5-7)14-13(15(19)18-11)10-6-8(17)2-4-12(10)20-14/h1-6H,(H,18,19). The number of hydrogen-bond acceptors (Lipinski definition) is 2. The summed E-state index contributed by atoms with van der Waals surface area (Å²) in [6, 6.07) is 7.95. The van der Waals surface area contributed by atoms with Crippen LogP contribution in [0.25, 0.3) is 32.8 Å². The van der Waals surface area contributed by atoms with Gasteiger partial charge in [-0.3, -0.25) is 4.79 Å². The minimum atomic E-state index is -0.459. The first-order chi connectivity index (χ1) is 9.63. The molecule has 98 valence electrons. The molecule has 3 nitrogen and oxygen atoms in total. The van der Waals surface area contributed by atoms with Crippen molar-refractivity contribution in [1.29, 1.82) is 0 Å². The van der Waals surface area contributed by atoms with E-state index in [1.54, 1.807) is 0 Å². The largest absolute Gasteiger partial charge is 0.455 e. The Morgan fingerprint density at radius 2 is 1.65 bits per heavy atom. The van der Waals surface area contributed by atoms with Gasteiger partial charge in [-0.2, -0.15) is 0 Å². The Morgan fingerprint density at radius 1 is 0.950 bits per heavy atom. The maximum absolute atomic E-state index is 13.4. The van der Waals surface area contributed by atoms with E-state index in [0.717, 1.165) is 0 Å². The number of nitrogens with one attached hydrogen (secondary N) is 1. The molecular weight excluding hydrogens is 264 g/mol. The number of hydrogen-bond donors (Lipinski definition) is 1. The molecule has 0 fully saturated rings. The third-order valence-corrected chi connectivity index (χ3v) is 3.35. The number of aromatic amines is 1. The number of rotatable bonds is 0. The highest BCUT2D eigenvalue weighted by Gasteiger charge is 2.15. The average molecular weight is 271 g/mol. The van der Waals surface area contributed by atoms with E-state index in [1.165, 1.54) is 36.4 Å². The van der Waals surface area contributed by atoms with Crippen LogP contribution >= 0.6 is 0 Å². The van der Waals surface area contributed by atoms with Crippen LogP contribution in [0, 0.1) is 11.6 Å². The Morgan fingerprint density at radius 3 is 2.45 bits per heavy atom. The number of furan rings is 1. The normalized spacial score (nSPS) is 11.7. The summed E-state index contributed by atoms with van der Waals surface area (Å²) in [6.07, 6.45) is 0. The van der Waals surface area contributed by atoms with Gasteiger partial charge in [-0.15, -0.1) is 0 Å². The quantitative estimate of drug-likeness (QED) is 0.530. The lowest BCUT2D eigenvalue weighted by atomic mass is 10.1. The number of benzene rings is 2. The van der Waals surface area contributed by atoms with Crippen LogP contribution in [0.5, 0.6) is 0 Å². The summed E-state index contributed by atoms with van der Waals surface area (Å²) in [5.41, 5.74) is 0.749. The third kappa shape index (κ3) is 1.40.